The summed E-state index contributed by atoms with van der Waals surface area (Å²) in [6.45, 7) is 6.45. The fraction of sp³-hybridized carbons (Fsp3) is 0.350. The number of nitrogens with zero attached hydrogens (tertiary/aromatic N) is 1. The average molecular weight is 361 g/mol. The molecule has 0 unspecified atom stereocenters. The zero-order chi connectivity index (χ0) is 18.1. The lowest BCUT2D eigenvalue weighted by atomic mass is 10.0. The smallest absolute Gasteiger partial charge is 0.258 e. The van der Waals surface area contributed by atoms with E-state index in [2.05, 4.69) is 24.1 Å². The van der Waals surface area contributed by atoms with E-state index in [4.69, 9.17) is 16.3 Å². The number of benzene rings is 2. The quantitative estimate of drug-likeness (QED) is 0.737. The molecule has 134 valence electrons. The summed E-state index contributed by atoms with van der Waals surface area (Å²) in [5, 5.41) is 3.68. The number of amides is 1. The van der Waals surface area contributed by atoms with Crippen molar-refractivity contribution in [2.24, 2.45) is 0 Å². The number of carbonyl (C=O) groups excluding carboxylic acids is 1. The largest absolute Gasteiger partial charge is 0.484 e. The van der Waals surface area contributed by atoms with Crippen LogP contribution < -0.4 is 10.1 Å². The van der Waals surface area contributed by atoms with Crippen molar-refractivity contribution in [3.8, 4) is 5.75 Å². The van der Waals surface area contributed by atoms with Crippen molar-refractivity contribution in [3.63, 3.8) is 0 Å². The number of carbonyl (C=O) groups is 1. The summed E-state index contributed by atoms with van der Waals surface area (Å²) in [6.07, 6.45) is 0. The summed E-state index contributed by atoms with van der Waals surface area (Å²) in [6, 6.07) is 17.1. The summed E-state index contributed by atoms with van der Waals surface area (Å²) >= 11 is 6.37. The molecule has 1 atom stereocenters. The van der Waals surface area contributed by atoms with Crippen molar-refractivity contribution in [1.82, 2.24) is 10.2 Å². The van der Waals surface area contributed by atoms with Crippen molar-refractivity contribution in [2.45, 2.75) is 19.9 Å². The van der Waals surface area contributed by atoms with Crippen LogP contribution in [0.5, 0.6) is 5.75 Å². The molecule has 2 aromatic carbocycles. The van der Waals surface area contributed by atoms with Crippen LogP contribution in [0.3, 0.4) is 0 Å². The van der Waals surface area contributed by atoms with E-state index in [1.807, 2.05) is 54.6 Å². The van der Waals surface area contributed by atoms with Gasteiger partial charge in [0.25, 0.3) is 5.91 Å². The molecule has 1 N–H and O–H groups in total. The number of rotatable bonds is 9. The van der Waals surface area contributed by atoms with E-state index >= 15 is 0 Å². The molecule has 0 saturated heterocycles. The molecule has 25 heavy (non-hydrogen) atoms. The van der Waals surface area contributed by atoms with Crippen LogP contribution in [0.15, 0.2) is 54.6 Å². The fourth-order valence-electron chi connectivity index (χ4n) is 2.77. The summed E-state index contributed by atoms with van der Waals surface area (Å²) < 4.78 is 5.49. The highest BCUT2D eigenvalue weighted by molar-refractivity contribution is 6.31. The molecule has 0 aliphatic rings. The first kappa shape index (κ1) is 19.3. The SMILES string of the molecule is CCN(CC)[C@H](CNC(=O)COc1ccccc1)c1ccccc1Cl. The van der Waals surface area contributed by atoms with Crippen molar-refractivity contribution < 1.29 is 9.53 Å². The van der Waals surface area contributed by atoms with Gasteiger partial charge in [-0.05, 0) is 36.9 Å². The Morgan fingerprint density at radius 1 is 1.08 bits per heavy atom. The van der Waals surface area contributed by atoms with Gasteiger partial charge in [0, 0.05) is 11.6 Å². The van der Waals surface area contributed by atoms with Crippen molar-refractivity contribution >= 4 is 17.5 Å². The maximum absolute atomic E-state index is 12.1. The minimum atomic E-state index is -0.145. The van der Waals surface area contributed by atoms with Crippen LogP contribution in [0.2, 0.25) is 5.02 Å². The van der Waals surface area contributed by atoms with Crippen LogP contribution in [-0.4, -0.2) is 37.0 Å². The van der Waals surface area contributed by atoms with Gasteiger partial charge in [0.2, 0.25) is 0 Å². The molecule has 0 aromatic heterocycles. The molecule has 0 aliphatic carbocycles. The number of para-hydroxylation sites is 1. The maximum Gasteiger partial charge on any atom is 0.258 e. The van der Waals surface area contributed by atoms with Crippen molar-refractivity contribution in [1.29, 1.82) is 0 Å². The zero-order valence-electron chi connectivity index (χ0n) is 14.7. The maximum atomic E-state index is 12.1. The van der Waals surface area contributed by atoms with E-state index in [1.54, 1.807) is 0 Å². The van der Waals surface area contributed by atoms with Crippen LogP contribution in [0.25, 0.3) is 0 Å². The van der Waals surface area contributed by atoms with Crippen molar-refractivity contribution in [3.05, 3.63) is 65.2 Å². The van der Waals surface area contributed by atoms with Crippen LogP contribution in [0.4, 0.5) is 0 Å². The predicted octanol–water partition coefficient (Wildman–Crippen LogP) is 3.92. The van der Waals surface area contributed by atoms with Gasteiger partial charge in [0.05, 0.1) is 6.04 Å². The van der Waals surface area contributed by atoms with Gasteiger partial charge in [-0.15, -0.1) is 0 Å². The predicted molar refractivity (Wildman–Crippen MR) is 102 cm³/mol. The number of likely N-dealkylation sites (N-methyl/N-ethyl adjacent to an activating group) is 1. The van der Waals surface area contributed by atoms with Crippen molar-refractivity contribution in [2.75, 3.05) is 26.2 Å². The van der Waals surface area contributed by atoms with E-state index in [0.29, 0.717) is 17.3 Å². The Morgan fingerprint density at radius 3 is 2.36 bits per heavy atom. The van der Waals surface area contributed by atoms with E-state index in [-0.39, 0.29) is 18.6 Å². The molecule has 5 heteroatoms. The molecule has 2 rings (SSSR count). The number of nitrogens with one attached hydrogen (secondary N) is 1. The van der Waals surface area contributed by atoms with Crippen LogP contribution in [0, 0.1) is 0 Å². The average Bonchev–Trinajstić information content (AvgIpc) is 2.65. The zero-order valence-corrected chi connectivity index (χ0v) is 15.5. The first-order valence-corrected chi connectivity index (χ1v) is 8.96. The Labute approximate surface area is 154 Å². The van der Waals surface area contributed by atoms with Gasteiger partial charge in [-0.25, -0.2) is 0 Å². The molecule has 0 radical (unpaired) electrons. The number of hydrogen-bond donors (Lipinski definition) is 1. The minimum absolute atomic E-state index is 0.00248. The second-order valence-corrected chi connectivity index (χ2v) is 6.07. The molecular formula is C20H25ClN2O2. The monoisotopic (exact) mass is 360 g/mol. The summed E-state index contributed by atoms with van der Waals surface area (Å²) in [5.41, 5.74) is 1.03. The standard InChI is InChI=1S/C20H25ClN2O2/c1-3-23(4-2)19(17-12-8-9-13-18(17)21)14-22-20(24)15-25-16-10-6-5-7-11-16/h5-13,19H,3-4,14-15H2,1-2H3,(H,22,24)/t19-/m1/s1. The third-order valence-electron chi connectivity index (χ3n) is 4.12. The van der Waals surface area contributed by atoms with Gasteiger partial charge in [0.1, 0.15) is 5.75 Å². The highest BCUT2D eigenvalue weighted by atomic mass is 35.5. The molecule has 0 bridgehead atoms. The minimum Gasteiger partial charge on any atom is -0.484 e. The molecule has 1 amide bonds. The van der Waals surface area contributed by atoms with Gasteiger partial charge in [-0.3, -0.25) is 9.69 Å². The van der Waals surface area contributed by atoms with E-state index < -0.39 is 0 Å². The Morgan fingerprint density at radius 2 is 1.72 bits per heavy atom. The number of halogens is 1. The molecule has 0 fully saturated rings. The summed E-state index contributed by atoms with van der Waals surface area (Å²) in [4.78, 5) is 14.4. The van der Waals surface area contributed by atoms with Crippen LogP contribution >= 0.6 is 11.6 Å². The normalized spacial score (nSPS) is 12.0. The fourth-order valence-corrected chi connectivity index (χ4v) is 3.03. The Hall–Kier alpha value is -2.04. The lowest BCUT2D eigenvalue weighted by Gasteiger charge is -2.30. The first-order chi connectivity index (χ1) is 12.2. The summed E-state index contributed by atoms with van der Waals surface area (Å²) in [7, 11) is 0. The molecule has 0 saturated carbocycles. The third kappa shape index (κ3) is 5.76. The van der Waals surface area contributed by atoms with E-state index in [9.17, 15) is 4.79 Å². The topological polar surface area (TPSA) is 41.6 Å². The first-order valence-electron chi connectivity index (χ1n) is 8.58. The number of hydrogen-bond acceptors (Lipinski definition) is 3. The lowest BCUT2D eigenvalue weighted by molar-refractivity contribution is -0.123. The lowest BCUT2D eigenvalue weighted by Crippen LogP contribution is -2.39. The van der Waals surface area contributed by atoms with Gasteiger partial charge in [-0.2, -0.15) is 0 Å². The van der Waals surface area contributed by atoms with Crippen LogP contribution in [-0.2, 0) is 4.79 Å². The summed E-state index contributed by atoms with van der Waals surface area (Å²) in [5.74, 6) is 0.539. The molecule has 0 aliphatic heterocycles. The highest BCUT2D eigenvalue weighted by Gasteiger charge is 2.21. The second-order valence-electron chi connectivity index (χ2n) is 5.66. The van der Waals surface area contributed by atoms with Gasteiger partial charge in [-0.1, -0.05) is 61.8 Å². The van der Waals surface area contributed by atoms with Gasteiger partial charge < -0.3 is 10.1 Å². The van der Waals surface area contributed by atoms with E-state index in [1.165, 1.54) is 0 Å². The van der Waals surface area contributed by atoms with Gasteiger partial charge in [0.15, 0.2) is 6.61 Å². The second kappa shape index (κ2) is 10.1. The van der Waals surface area contributed by atoms with Crippen LogP contribution in [0.1, 0.15) is 25.5 Å². The number of ether oxygens (including phenoxy) is 1. The molecular weight excluding hydrogens is 336 g/mol. The molecule has 4 nitrogen and oxygen atoms in total. The van der Waals surface area contributed by atoms with E-state index in [0.717, 1.165) is 18.7 Å². The van der Waals surface area contributed by atoms with Gasteiger partial charge >= 0.3 is 0 Å². The Balaban J connectivity index is 1.97. The Bertz CT molecular complexity index is 660. The highest BCUT2D eigenvalue weighted by Crippen LogP contribution is 2.26. The Kier molecular flexibility index (Phi) is 7.76. The third-order valence-corrected chi connectivity index (χ3v) is 4.47. The molecule has 2 aromatic rings. The molecule has 0 spiro atoms. The molecule has 0 heterocycles.